The highest BCUT2D eigenvalue weighted by Crippen LogP contribution is 2.28. The van der Waals surface area contributed by atoms with Crippen molar-refractivity contribution in [3.8, 4) is 6.07 Å². The zero-order chi connectivity index (χ0) is 13.7. The predicted molar refractivity (Wildman–Crippen MR) is 65.3 cm³/mol. The van der Waals surface area contributed by atoms with Gasteiger partial charge in [-0.1, -0.05) is 17.7 Å². The Balaban J connectivity index is 3.18. The molecule has 0 aliphatic carbocycles. The van der Waals surface area contributed by atoms with Crippen molar-refractivity contribution in [3.63, 3.8) is 0 Å². The van der Waals surface area contributed by atoms with E-state index in [1.807, 2.05) is 6.07 Å². The monoisotopic (exact) mass is 267 g/mol. The summed E-state index contributed by atoms with van der Waals surface area (Å²) in [5.74, 6) is -0.493. The first-order chi connectivity index (χ1) is 8.52. The molecule has 18 heavy (non-hydrogen) atoms. The molecule has 1 amide bonds. The topological polar surface area (TPSA) is 87.2 Å². The molecule has 1 aromatic carbocycles. The number of hydrogen-bond donors (Lipinski definition) is 0. The van der Waals surface area contributed by atoms with E-state index in [1.54, 1.807) is 6.92 Å². The molecule has 1 aromatic rings. The van der Waals surface area contributed by atoms with Crippen molar-refractivity contribution >= 4 is 23.2 Å². The molecule has 0 aromatic heterocycles. The average molecular weight is 268 g/mol. The van der Waals surface area contributed by atoms with Crippen molar-refractivity contribution in [3.05, 3.63) is 38.9 Å². The normalized spacial score (nSPS) is 9.61. The molecule has 0 aliphatic heterocycles. The molecule has 6 nitrogen and oxygen atoms in total. The average Bonchev–Trinajstić information content (AvgIpc) is 2.35. The lowest BCUT2D eigenvalue weighted by Gasteiger charge is -2.17. The van der Waals surface area contributed by atoms with E-state index in [9.17, 15) is 14.9 Å². The lowest BCUT2D eigenvalue weighted by molar-refractivity contribution is -0.384. The molecule has 0 saturated carbocycles. The zero-order valence-electron chi connectivity index (χ0n) is 9.59. The highest BCUT2D eigenvalue weighted by Gasteiger charge is 2.22. The van der Waals surface area contributed by atoms with Crippen molar-refractivity contribution in [1.82, 2.24) is 4.90 Å². The second-order valence-corrected chi connectivity index (χ2v) is 3.75. The molecule has 0 saturated heterocycles. The molecule has 1 rings (SSSR count). The number of nitriles is 1. The van der Waals surface area contributed by atoms with Crippen LogP contribution in [0.3, 0.4) is 0 Å². The first kappa shape index (κ1) is 13.9. The largest absolute Gasteiger partial charge is 0.326 e. The summed E-state index contributed by atoms with van der Waals surface area (Å²) < 4.78 is 0. The summed E-state index contributed by atoms with van der Waals surface area (Å²) in [5, 5.41) is 19.1. The molecule has 0 unspecified atom stereocenters. The molecule has 0 atom stereocenters. The minimum Gasteiger partial charge on any atom is -0.326 e. The highest BCUT2D eigenvalue weighted by molar-refractivity contribution is 6.35. The maximum absolute atomic E-state index is 12.0. The third-order valence-corrected chi connectivity index (χ3v) is 2.73. The predicted octanol–water partition coefficient (Wildman–Crippen LogP) is 2.23. The fourth-order valence-corrected chi connectivity index (χ4v) is 1.68. The number of nitro benzene ring substituents is 1. The number of nitrogens with zero attached hydrogens (tertiary/aromatic N) is 3. The quantitative estimate of drug-likeness (QED) is 0.475. The van der Waals surface area contributed by atoms with Crippen LogP contribution in [0.25, 0.3) is 0 Å². The summed E-state index contributed by atoms with van der Waals surface area (Å²) >= 11 is 5.83. The zero-order valence-corrected chi connectivity index (χ0v) is 10.3. The summed E-state index contributed by atoms with van der Waals surface area (Å²) in [7, 11) is 0. The Hall–Kier alpha value is -2.13. The summed E-state index contributed by atoms with van der Waals surface area (Å²) in [6.45, 7) is 1.94. The third kappa shape index (κ3) is 2.76. The van der Waals surface area contributed by atoms with Crippen molar-refractivity contribution < 1.29 is 9.72 Å². The molecule has 0 bridgehead atoms. The van der Waals surface area contributed by atoms with Crippen LogP contribution in [-0.2, 0) is 0 Å². The number of hydrogen-bond acceptors (Lipinski definition) is 4. The molecule has 0 aliphatic rings. The number of benzene rings is 1. The van der Waals surface area contributed by atoms with Crippen LogP contribution in [0.1, 0.15) is 17.3 Å². The van der Waals surface area contributed by atoms with E-state index in [2.05, 4.69) is 0 Å². The summed E-state index contributed by atoms with van der Waals surface area (Å²) in [4.78, 5) is 23.3. The van der Waals surface area contributed by atoms with Gasteiger partial charge in [-0.3, -0.25) is 14.9 Å². The summed E-state index contributed by atoms with van der Waals surface area (Å²) in [6.07, 6.45) is 0. The summed E-state index contributed by atoms with van der Waals surface area (Å²) in [5.41, 5.74) is -0.293. The van der Waals surface area contributed by atoms with Gasteiger partial charge >= 0.3 is 0 Å². The first-order valence-corrected chi connectivity index (χ1v) is 5.49. The van der Waals surface area contributed by atoms with E-state index < -0.39 is 10.8 Å². The fourth-order valence-electron chi connectivity index (χ4n) is 1.41. The van der Waals surface area contributed by atoms with E-state index in [0.29, 0.717) is 6.54 Å². The Kier molecular flexibility index (Phi) is 4.63. The van der Waals surface area contributed by atoms with Gasteiger partial charge in [0.2, 0.25) is 0 Å². The number of rotatable bonds is 4. The second-order valence-electron chi connectivity index (χ2n) is 3.37. The van der Waals surface area contributed by atoms with Crippen molar-refractivity contribution in [2.45, 2.75) is 6.92 Å². The number of halogens is 1. The number of carbonyl (C=O) groups excluding carboxylic acids is 1. The maximum atomic E-state index is 12.0. The SMILES string of the molecule is CCN(CC#N)C(=O)c1cccc([N+](=O)[O-])c1Cl. The molecule has 7 heteroatoms. The molecule has 0 heterocycles. The van der Waals surface area contributed by atoms with Crippen molar-refractivity contribution in [1.29, 1.82) is 5.26 Å². The summed E-state index contributed by atoms with van der Waals surface area (Å²) in [6, 6.07) is 5.86. The molecular formula is C11H10ClN3O3. The minimum atomic E-state index is -0.653. The van der Waals surface area contributed by atoms with Crippen LogP contribution < -0.4 is 0 Å². The molecular weight excluding hydrogens is 258 g/mol. The van der Waals surface area contributed by atoms with Crippen molar-refractivity contribution in [2.24, 2.45) is 0 Å². The first-order valence-electron chi connectivity index (χ1n) is 5.12. The smallest absolute Gasteiger partial charge is 0.288 e. The fraction of sp³-hybridized carbons (Fsp3) is 0.273. The van der Waals surface area contributed by atoms with E-state index in [-0.39, 0.29) is 22.8 Å². The van der Waals surface area contributed by atoms with Gasteiger partial charge in [0.05, 0.1) is 16.6 Å². The van der Waals surface area contributed by atoms with Crippen LogP contribution in [0.5, 0.6) is 0 Å². The Bertz CT molecular complexity index is 525. The maximum Gasteiger partial charge on any atom is 0.288 e. The molecule has 0 spiro atoms. The number of nitro groups is 1. The lowest BCUT2D eigenvalue weighted by atomic mass is 10.1. The van der Waals surface area contributed by atoms with Crippen LogP contribution in [0.4, 0.5) is 5.69 Å². The van der Waals surface area contributed by atoms with Gasteiger partial charge in [0.1, 0.15) is 11.6 Å². The van der Waals surface area contributed by atoms with Gasteiger partial charge in [-0.25, -0.2) is 0 Å². The van der Waals surface area contributed by atoms with Gasteiger partial charge < -0.3 is 4.90 Å². The third-order valence-electron chi connectivity index (χ3n) is 2.34. The Labute approximate surface area is 109 Å². The van der Waals surface area contributed by atoms with Crippen LogP contribution in [0.2, 0.25) is 5.02 Å². The molecule has 0 fully saturated rings. The van der Waals surface area contributed by atoms with E-state index in [0.717, 1.165) is 0 Å². The van der Waals surface area contributed by atoms with Crippen LogP contribution in [0, 0.1) is 21.4 Å². The second kappa shape index (κ2) is 5.98. The van der Waals surface area contributed by atoms with Crippen molar-refractivity contribution in [2.75, 3.05) is 13.1 Å². The van der Waals surface area contributed by atoms with Gasteiger partial charge in [-0.05, 0) is 13.0 Å². The standard InChI is InChI=1S/C11H10ClN3O3/c1-2-14(7-6-13)11(16)8-4-3-5-9(10(8)12)15(17)18/h3-5H,2,7H2,1H3. The van der Waals surface area contributed by atoms with E-state index in [4.69, 9.17) is 16.9 Å². The van der Waals surface area contributed by atoms with E-state index >= 15 is 0 Å². The van der Waals surface area contributed by atoms with E-state index in [1.165, 1.54) is 23.1 Å². The number of amides is 1. The van der Waals surface area contributed by atoms with Gasteiger partial charge in [0.15, 0.2) is 0 Å². The van der Waals surface area contributed by atoms with Crippen LogP contribution in [-0.4, -0.2) is 28.8 Å². The minimum absolute atomic E-state index is 0.0305. The molecule has 0 N–H and O–H groups in total. The number of carbonyl (C=O) groups is 1. The Morgan fingerprint density at radius 1 is 1.61 bits per heavy atom. The van der Waals surface area contributed by atoms with Crippen LogP contribution in [0.15, 0.2) is 18.2 Å². The lowest BCUT2D eigenvalue weighted by Crippen LogP contribution is -2.31. The molecule has 0 radical (unpaired) electrons. The van der Waals surface area contributed by atoms with Gasteiger partial charge in [-0.2, -0.15) is 5.26 Å². The molecule has 94 valence electrons. The Morgan fingerprint density at radius 2 is 2.28 bits per heavy atom. The highest BCUT2D eigenvalue weighted by atomic mass is 35.5. The Morgan fingerprint density at radius 3 is 2.78 bits per heavy atom. The van der Waals surface area contributed by atoms with Gasteiger partial charge in [0, 0.05) is 12.6 Å². The van der Waals surface area contributed by atoms with Gasteiger partial charge in [-0.15, -0.1) is 0 Å². The van der Waals surface area contributed by atoms with Crippen LogP contribution >= 0.6 is 11.6 Å². The van der Waals surface area contributed by atoms with Gasteiger partial charge in [0.25, 0.3) is 11.6 Å².